The average Bonchev–Trinajstić information content (AvgIpc) is 2.91. The normalized spacial score (nSPS) is 39.8. The molecule has 3 unspecified atom stereocenters. The highest BCUT2D eigenvalue weighted by atomic mass is 16.6. The van der Waals surface area contributed by atoms with Gasteiger partial charge < -0.3 is 9.53 Å². The fourth-order valence-corrected chi connectivity index (χ4v) is 2.31. The molecule has 1 aliphatic carbocycles. The Kier molecular flexibility index (Phi) is 2.07. The number of aldehydes is 1. The van der Waals surface area contributed by atoms with Gasteiger partial charge in [-0.05, 0) is 31.8 Å². The average molecular weight is 194 g/mol. The van der Waals surface area contributed by atoms with Crippen LogP contribution in [0.5, 0.6) is 0 Å². The molecule has 0 amide bonds. The van der Waals surface area contributed by atoms with Crippen molar-refractivity contribution in [2.75, 3.05) is 0 Å². The molecule has 0 bridgehead atoms. The topological polar surface area (TPSA) is 46.7 Å². The van der Waals surface area contributed by atoms with Crippen molar-refractivity contribution >= 4 is 12.1 Å². The van der Waals surface area contributed by atoms with Crippen molar-refractivity contribution in [3.8, 4) is 0 Å². The molecule has 0 aromatic rings. The van der Waals surface area contributed by atoms with Gasteiger partial charge in [0.25, 0.3) is 0 Å². The SMILES string of the molecule is C=C(C)C(=O)C1CCCC2(C=O)OC12. The predicted octanol–water partition coefficient (Wildman–Crippen LogP) is 1.27. The van der Waals surface area contributed by atoms with Gasteiger partial charge in [0.1, 0.15) is 6.10 Å². The maximum Gasteiger partial charge on any atom is 0.163 e. The van der Waals surface area contributed by atoms with Crippen LogP contribution in [-0.2, 0) is 14.3 Å². The molecule has 1 aliphatic heterocycles. The molecule has 3 heteroatoms. The van der Waals surface area contributed by atoms with E-state index in [4.69, 9.17) is 4.74 Å². The van der Waals surface area contributed by atoms with Crippen molar-refractivity contribution in [1.29, 1.82) is 0 Å². The van der Waals surface area contributed by atoms with Gasteiger partial charge in [-0.1, -0.05) is 6.58 Å². The number of allylic oxidation sites excluding steroid dienone is 1. The minimum absolute atomic E-state index is 0.0541. The number of fused-ring (bicyclic) bond motifs is 1. The lowest BCUT2D eigenvalue weighted by atomic mass is 9.79. The summed E-state index contributed by atoms with van der Waals surface area (Å²) in [4.78, 5) is 22.5. The first-order chi connectivity index (χ1) is 6.60. The lowest BCUT2D eigenvalue weighted by Gasteiger charge is -2.19. The van der Waals surface area contributed by atoms with Crippen molar-refractivity contribution in [2.24, 2.45) is 5.92 Å². The molecule has 3 nitrogen and oxygen atoms in total. The number of carbonyl (C=O) groups is 2. The Balaban J connectivity index is 2.12. The van der Waals surface area contributed by atoms with E-state index < -0.39 is 5.60 Å². The molecule has 2 aliphatic rings. The monoisotopic (exact) mass is 194 g/mol. The number of hydrogen-bond donors (Lipinski definition) is 0. The number of epoxide rings is 1. The van der Waals surface area contributed by atoms with Crippen LogP contribution in [0.2, 0.25) is 0 Å². The second-order valence-electron chi connectivity index (χ2n) is 4.25. The summed E-state index contributed by atoms with van der Waals surface area (Å²) in [6.45, 7) is 5.35. The van der Waals surface area contributed by atoms with Gasteiger partial charge in [-0.3, -0.25) is 4.79 Å². The van der Waals surface area contributed by atoms with E-state index in [9.17, 15) is 9.59 Å². The lowest BCUT2D eigenvalue weighted by Crippen LogP contribution is -2.32. The first-order valence-electron chi connectivity index (χ1n) is 4.94. The number of ketones is 1. The molecule has 2 rings (SSSR count). The van der Waals surface area contributed by atoms with Gasteiger partial charge in [0.05, 0.1) is 5.92 Å². The highest BCUT2D eigenvalue weighted by Crippen LogP contribution is 2.49. The quantitative estimate of drug-likeness (QED) is 0.386. The second kappa shape index (κ2) is 3.02. The fourth-order valence-electron chi connectivity index (χ4n) is 2.31. The van der Waals surface area contributed by atoms with Crippen LogP contribution in [0.3, 0.4) is 0 Å². The fraction of sp³-hybridized carbons (Fsp3) is 0.636. The van der Waals surface area contributed by atoms with Gasteiger partial charge in [0, 0.05) is 0 Å². The van der Waals surface area contributed by atoms with Crippen LogP contribution in [0.25, 0.3) is 0 Å². The van der Waals surface area contributed by atoms with Crippen LogP contribution in [0.15, 0.2) is 12.2 Å². The van der Waals surface area contributed by atoms with Gasteiger partial charge in [-0.15, -0.1) is 0 Å². The van der Waals surface area contributed by atoms with Crippen LogP contribution in [-0.4, -0.2) is 23.8 Å². The van der Waals surface area contributed by atoms with E-state index in [-0.39, 0.29) is 17.8 Å². The van der Waals surface area contributed by atoms with E-state index in [2.05, 4.69) is 6.58 Å². The second-order valence-corrected chi connectivity index (χ2v) is 4.25. The van der Waals surface area contributed by atoms with Crippen molar-refractivity contribution < 1.29 is 14.3 Å². The molecular weight excluding hydrogens is 180 g/mol. The van der Waals surface area contributed by atoms with Gasteiger partial charge >= 0.3 is 0 Å². The number of rotatable bonds is 3. The molecule has 1 saturated carbocycles. The third-order valence-electron chi connectivity index (χ3n) is 3.18. The van der Waals surface area contributed by atoms with E-state index in [0.717, 1.165) is 25.5 Å². The molecule has 0 aromatic carbocycles. The number of hydrogen-bond acceptors (Lipinski definition) is 3. The van der Waals surface area contributed by atoms with E-state index in [1.165, 1.54) is 0 Å². The Morgan fingerprint density at radius 2 is 2.36 bits per heavy atom. The summed E-state index contributed by atoms with van der Waals surface area (Å²) in [6.07, 6.45) is 3.17. The Morgan fingerprint density at radius 3 is 2.93 bits per heavy atom. The van der Waals surface area contributed by atoms with Gasteiger partial charge in [0.15, 0.2) is 17.7 Å². The third-order valence-corrected chi connectivity index (χ3v) is 3.18. The Labute approximate surface area is 83.1 Å². The van der Waals surface area contributed by atoms with Crippen LogP contribution < -0.4 is 0 Å². The van der Waals surface area contributed by atoms with Crippen LogP contribution in [0.1, 0.15) is 26.2 Å². The molecule has 3 atom stereocenters. The zero-order valence-electron chi connectivity index (χ0n) is 8.29. The number of carbonyl (C=O) groups excluding carboxylic acids is 2. The molecule has 0 radical (unpaired) electrons. The largest absolute Gasteiger partial charge is 0.357 e. The number of ether oxygens (including phenoxy) is 1. The minimum atomic E-state index is -0.617. The molecule has 1 saturated heterocycles. The summed E-state index contributed by atoms with van der Waals surface area (Å²) >= 11 is 0. The van der Waals surface area contributed by atoms with Gasteiger partial charge in [0.2, 0.25) is 0 Å². The molecule has 76 valence electrons. The van der Waals surface area contributed by atoms with Crippen LogP contribution in [0.4, 0.5) is 0 Å². The van der Waals surface area contributed by atoms with Crippen molar-refractivity contribution in [3.63, 3.8) is 0 Å². The maximum atomic E-state index is 11.7. The maximum absolute atomic E-state index is 11.7. The summed E-state index contributed by atoms with van der Waals surface area (Å²) < 4.78 is 5.37. The standard InChI is InChI=1S/C11H14O3/c1-7(2)9(13)8-4-3-5-11(6-12)10(8)14-11/h6,8,10H,1,3-5H2,2H3. The van der Waals surface area contributed by atoms with Crippen LogP contribution in [0, 0.1) is 5.92 Å². The lowest BCUT2D eigenvalue weighted by molar-refractivity contribution is -0.120. The zero-order valence-corrected chi connectivity index (χ0v) is 8.29. The third kappa shape index (κ3) is 1.23. The van der Waals surface area contributed by atoms with Crippen molar-refractivity contribution in [1.82, 2.24) is 0 Å². The summed E-state index contributed by atoms with van der Waals surface area (Å²) in [5, 5.41) is 0. The van der Waals surface area contributed by atoms with Gasteiger partial charge in [-0.2, -0.15) is 0 Å². The molecular formula is C11H14O3. The molecule has 14 heavy (non-hydrogen) atoms. The van der Waals surface area contributed by atoms with Crippen molar-refractivity contribution in [3.05, 3.63) is 12.2 Å². The first kappa shape index (κ1) is 9.59. The summed E-state index contributed by atoms with van der Waals surface area (Å²) in [5.74, 6) is -0.0788. The Bertz CT molecular complexity index is 308. The summed E-state index contributed by atoms with van der Waals surface area (Å²) in [7, 11) is 0. The van der Waals surface area contributed by atoms with E-state index >= 15 is 0 Å². The van der Waals surface area contributed by atoms with Crippen LogP contribution >= 0.6 is 0 Å². The highest BCUT2D eigenvalue weighted by molar-refractivity contribution is 5.97. The molecule has 0 spiro atoms. The minimum Gasteiger partial charge on any atom is -0.357 e. The van der Waals surface area contributed by atoms with Gasteiger partial charge in [-0.25, -0.2) is 0 Å². The van der Waals surface area contributed by atoms with E-state index in [1.54, 1.807) is 6.92 Å². The Morgan fingerprint density at radius 1 is 1.64 bits per heavy atom. The smallest absolute Gasteiger partial charge is 0.163 e. The van der Waals surface area contributed by atoms with E-state index in [0.29, 0.717) is 5.57 Å². The molecule has 0 aromatic heterocycles. The molecule has 0 N–H and O–H groups in total. The van der Waals surface area contributed by atoms with Crippen molar-refractivity contribution in [2.45, 2.75) is 37.9 Å². The summed E-state index contributed by atoms with van der Waals surface area (Å²) in [6, 6.07) is 0. The summed E-state index contributed by atoms with van der Waals surface area (Å²) in [5.41, 5.74) is -0.0548. The molecule has 1 heterocycles. The predicted molar refractivity (Wildman–Crippen MR) is 50.8 cm³/mol. The highest BCUT2D eigenvalue weighted by Gasteiger charge is 2.63. The number of Topliss-reactive ketones (excluding diaryl/α,β-unsaturated/α-hetero) is 1. The Hall–Kier alpha value is -0.960. The molecule has 2 fully saturated rings. The van der Waals surface area contributed by atoms with E-state index in [1.807, 2.05) is 0 Å². The zero-order chi connectivity index (χ0) is 10.3. The first-order valence-corrected chi connectivity index (χ1v) is 4.94.